The molecule has 110 valence electrons. The highest BCUT2D eigenvalue weighted by atomic mass is 16.4. The lowest BCUT2D eigenvalue weighted by Gasteiger charge is -2.29. The summed E-state index contributed by atoms with van der Waals surface area (Å²) in [6.45, 7) is 1.92. The largest absolute Gasteiger partial charge is 0.481 e. The highest BCUT2D eigenvalue weighted by Crippen LogP contribution is 2.36. The first-order valence-corrected chi connectivity index (χ1v) is 7.05. The molecule has 0 fully saturated rings. The zero-order valence-electron chi connectivity index (χ0n) is 12.1. The fourth-order valence-electron chi connectivity index (χ4n) is 3.20. The van der Waals surface area contributed by atoms with Crippen molar-refractivity contribution in [1.29, 1.82) is 0 Å². The average Bonchev–Trinajstić information content (AvgIpc) is 3.01. The third kappa shape index (κ3) is 2.18. The first-order valence-electron chi connectivity index (χ1n) is 7.05. The molecular formula is C16H18N2O3. The topological polar surface area (TPSA) is 64.2 Å². The summed E-state index contributed by atoms with van der Waals surface area (Å²) in [5.41, 5.74) is 2.38. The second kappa shape index (κ2) is 4.91. The molecule has 0 aromatic carbocycles. The number of aliphatic carboxylic acids is 1. The van der Waals surface area contributed by atoms with E-state index in [4.69, 9.17) is 0 Å². The Labute approximate surface area is 122 Å². The van der Waals surface area contributed by atoms with Gasteiger partial charge in [0.15, 0.2) is 0 Å². The van der Waals surface area contributed by atoms with E-state index in [0.29, 0.717) is 18.5 Å². The molecule has 2 unspecified atom stereocenters. The van der Waals surface area contributed by atoms with Crippen LogP contribution in [0.2, 0.25) is 0 Å². The number of carboxylic acid groups (broad SMARTS) is 1. The molecule has 0 amide bonds. The van der Waals surface area contributed by atoms with Crippen molar-refractivity contribution >= 4 is 11.8 Å². The maximum Gasteiger partial charge on any atom is 0.312 e. The predicted molar refractivity (Wildman–Crippen MR) is 77.6 cm³/mol. The van der Waals surface area contributed by atoms with Crippen LogP contribution in [0.25, 0.3) is 0 Å². The van der Waals surface area contributed by atoms with Gasteiger partial charge in [-0.3, -0.25) is 9.59 Å². The molecule has 5 heteroatoms. The maximum absolute atomic E-state index is 12.7. The van der Waals surface area contributed by atoms with Crippen molar-refractivity contribution < 1.29 is 14.7 Å². The minimum Gasteiger partial charge on any atom is -0.481 e. The van der Waals surface area contributed by atoms with Gasteiger partial charge in [0.05, 0.1) is 17.7 Å². The zero-order valence-corrected chi connectivity index (χ0v) is 12.1. The van der Waals surface area contributed by atoms with Crippen molar-refractivity contribution in [3.63, 3.8) is 0 Å². The molecule has 0 aliphatic carbocycles. The van der Waals surface area contributed by atoms with E-state index in [2.05, 4.69) is 0 Å². The molecular weight excluding hydrogens is 268 g/mol. The van der Waals surface area contributed by atoms with Gasteiger partial charge in [-0.1, -0.05) is 0 Å². The van der Waals surface area contributed by atoms with Gasteiger partial charge in [-0.2, -0.15) is 0 Å². The van der Waals surface area contributed by atoms with Crippen LogP contribution in [0.15, 0.2) is 30.6 Å². The number of carbonyl (C=O) groups is 2. The molecule has 2 aromatic rings. The monoisotopic (exact) mass is 286 g/mol. The van der Waals surface area contributed by atoms with Gasteiger partial charge in [0.2, 0.25) is 5.78 Å². The van der Waals surface area contributed by atoms with Gasteiger partial charge in [0, 0.05) is 25.1 Å². The summed E-state index contributed by atoms with van der Waals surface area (Å²) in [4.78, 5) is 24.1. The predicted octanol–water partition coefficient (Wildman–Crippen LogP) is 2.52. The number of carboxylic acids is 1. The van der Waals surface area contributed by atoms with Crippen LogP contribution in [0, 0.1) is 6.92 Å². The lowest BCUT2D eigenvalue weighted by molar-refractivity contribution is -0.139. The van der Waals surface area contributed by atoms with Crippen molar-refractivity contribution in [1.82, 2.24) is 9.13 Å². The molecule has 2 atom stereocenters. The number of aromatic nitrogens is 2. The van der Waals surface area contributed by atoms with Crippen LogP contribution in [0.1, 0.15) is 46.5 Å². The number of aryl methyl sites for hydroxylation is 2. The minimum atomic E-state index is -0.820. The van der Waals surface area contributed by atoms with E-state index in [1.165, 1.54) is 0 Å². The first-order chi connectivity index (χ1) is 9.99. The van der Waals surface area contributed by atoms with E-state index < -0.39 is 11.9 Å². The van der Waals surface area contributed by atoms with Crippen LogP contribution < -0.4 is 0 Å². The molecule has 0 bridgehead atoms. The fraction of sp³-hybridized carbons (Fsp3) is 0.375. The van der Waals surface area contributed by atoms with E-state index in [-0.39, 0.29) is 11.8 Å². The first kappa shape index (κ1) is 13.7. The van der Waals surface area contributed by atoms with Gasteiger partial charge in [0.25, 0.3) is 0 Å². The molecule has 0 saturated carbocycles. The number of Topliss-reactive ketones (excluding diaryl/α,β-unsaturated/α-hetero) is 1. The molecule has 1 aliphatic rings. The molecule has 0 spiro atoms. The number of ketones is 1. The Morgan fingerprint density at radius 2 is 2.10 bits per heavy atom. The highest BCUT2D eigenvalue weighted by molar-refractivity contribution is 5.98. The van der Waals surface area contributed by atoms with Crippen LogP contribution in [0.5, 0.6) is 0 Å². The Hall–Kier alpha value is -2.30. The van der Waals surface area contributed by atoms with Crippen LogP contribution in [0.3, 0.4) is 0 Å². The van der Waals surface area contributed by atoms with Gasteiger partial charge in [-0.05, 0) is 43.5 Å². The van der Waals surface area contributed by atoms with Crippen LogP contribution in [-0.4, -0.2) is 26.0 Å². The Morgan fingerprint density at radius 3 is 2.71 bits per heavy atom. The minimum absolute atomic E-state index is 0.0446. The van der Waals surface area contributed by atoms with E-state index in [1.807, 2.05) is 53.7 Å². The van der Waals surface area contributed by atoms with Crippen molar-refractivity contribution in [2.24, 2.45) is 7.05 Å². The number of hydrogen-bond acceptors (Lipinski definition) is 2. The number of fused-ring (bicyclic) bond motifs is 1. The molecule has 3 rings (SSSR count). The molecule has 0 radical (unpaired) electrons. The second-order valence-corrected chi connectivity index (χ2v) is 5.70. The van der Waals surface area contributed by atoms with E-state index >= 15 is 0 Å². The third-order valence-corrected chi connectivity index (χ3v) is 4.23. The van der Waals surface area contributed by atoms with E-state index in [1.54, 1.807) is 0 Å². The normalized spacial score (nSPS) is 21.0. The van der Waals surface area contributed by atoms with Gasteiger partial charge >= 0.3 is 5.97 Å². The molecule has 5 nitrogen and oxygen atoms in total. The summed E-state index contributed by atoms with van der Waals surface area (Å²) in [6, 6.07) is 5.22. The Bertz CT molecular complexity index is 711. The summed E-state index contributed by atoms with van der Waals surface area (Å²) in [5.74, 6) is -1.29. The fourth-order valence-corrected chi connectivity index (χ4v) is 3.20. The van der Waals surface area contributed by atoms with Gasteiger partial charge in [0.1, 0.15) is 0 Å². The van der Waals surface area contributed by atoms with Gasteiger partial charge < -0.3 is 14.2 Å². The van der Waals surface area contributed by atoms with Crippen molar-refractivity contribution in [3.05, 3.63) is 47.5 Å². The summed E-state index contributed by atoms with van der Waals surface area (Å²) in [5, 5.41) is 9.34. The summed E-state index contributed by atoms with van der Waals surface area (Å²) < 4.78 is 3.66. The number of hydrogen-bond donors (Lipinski definition) is 1. The molecule has 0 saturated heterocycles. The van der Waals surface area contributed by atoms with Gasteiger partial charge in [-0.15, -0.1) is 0 Å². The molecule has 3 heterocycles. The van der Waals surface area contributed by atoms with Gasteiger partial charge in [-0.25, -0.2) is 0 Å². The van der Waals surface area contributed by atoms with Crippen molar-refractivity contribution in [2.75, 3.05) is 0 Å². The Morgan fingerprint density at radius 1 is 1.33 bits per heavy atom. The van der Waals surface area contributed by atoms with Crippen LogP contribution in [0.4, 0.5) is 0 Å². The molecule has 21 heavy (non-hydrogen) atoms. The second-order valence-electron chi connectivity index (χ2n) is 5.70. The molecule has 1 aliphatic heterocycles. The van der Waals surface area contributed by atoms with Crippen molar-refractivity contribution in [3.8, 4) is 0 Å². The highest BCUT2D eigenvalue weighted by Gasteiger charge is 2.35. The SMILES string of the molecule is Cc1cc2n(c1)C(C(=O)c1cccn1C)CCC2C(=O)O. The van der Waals surface area contributed by atoms with E-state index in [9.17, 15) is 14.7 Å². The standard InChI is InChI=1S/C16H18N2O3/c1-10-8-14-11(16(20)21)5-6-13(18(14)9-10)15(19)12-4-3-7-17(12)2/h3-4,7-9,11,13H,5-6H2,1-2H3,(H,20,21). The van der Waals surface area contributed by atoms with Crippen LogP contribution in [-0.2, 0) is 11.8 Å². The molecule has 1 N–H and O–H groups in total. The smallest absolute Gasteiger partial charge is 0.312 e. The third-order valence-electron chi connectivity index (χ3n) is 4.23. The lowest BCUT2D eigenvalue weighted by Crippen LogP contribution is -2.30. The zero-order chi connectivity index (χ0) is 15.1. The Balaban J connectivity index is 2.02. The molecule has 2 aromatic heterocycles. The van der Waals surface area contributed by atoms with Crippen LogP contribution >= 0.6 is 0 Å². The lowest BCUT2D eigenvalue weighted by atomic mass is 9.89. The number of nitrogens with zero attached hydrogens (tertiary/aromatic N) is 2. The average molecular weight is 286 g/mol. The summed E-state index contributed by atoms with van der Waals surface area (Å²) in [6.07, 6.45) is 4.79. The van der Waals surface area contributed by atoms with E-state index in [0.717, 1.165) is 11.3 Å². The Kier molecular flexibility index (Phi) is 3.20. The van der Waals surface area contributed by atoms with Crippen molar-refractivity contribution in [2.45, 2.75) is 31.7 Å². The summed E-state index contributed by atoms with van der Waals surface area (Å²) in [7, 11) is 1.85. The summed E-state index contributed by atoms with van der Waals surface area (Å²) >= 11 is 0. The number of rotatable bonds is 3. The quantitative estimate of drug-likeness (QED) is 0.882. The maximum atomic E-state index is 12.7. The number of carbonyl (C=O) groups excluding carboxylic acids is 1.